The minimum Gasteiger partial charge on any atom is -0.497 e. The summed E-state index contributed by atoms with van der Waals surface area (Å²) in [5.74, 6) is -0.0821. The minimum absolute atomic E-state index is 0.0110. The fourth-order valence-corrected chi connectivity index (χ4v) is 4.25. The Hall–Kier alpha value is -2.35. The van der Waals surface area contributed by atoms with Crippen LogP contribution < -0.4 is 9.46 Å². The lowest BCUT2D eigenvalue weighted by atomic mass is 9.81. The molecule has 1 aromatic heterocycles. The van der Waals surface area contributed by atoms with Gasteiger partial charge >= 0.3 is 0 Å². The van der Waals surface area contributed by atoms with E-state index >= 15 is 0 Å². The van der Waals surface area contributed by atoms with E-state index in [-0.39, 0.29) is 23.8 Å². The maximum atomic E-state index is 12.2. The van der Waals surface area contributed by atoms with E-state index in [9.17, 15) is 13.2 Å². The second-order valence-electron chi connectivity index (χ2n) is 6.13. The van der Waals surface area contributed by atoms with Gasteiger partial charge < -0.3 is 9.26 Å². The number of carbonyl (C=O) groups is 1. The summed E-state index contributed by atoms with van der Waals surface area (Å²) in [4.78, 5) is 12.2. The first-order valence-corrected chi connectivity index (χ1v) is 9.71. The van der Waals surface area contributed by atoms with Crippen LogP contribution >= 0.6 is 0 Å². The van der Waals surface area contributed by atoms with Crippen molar-refractivity contribution in [1.82, 2.24) is 9.88 Å². The summed E-state index contributed by atoms with van der Waals surface area (Å²) in [6.45, 7) is 0. The van der Waals surface area contributed by atoms with E-state index in [2.05, 4.69) is 14.4 Å². The van der Waals surface area contributed by atoms with Crippen LogP contribution in [0, 0.1) is 0 Å². The number of amides is 1. The molecule has 0 unspecified atom stereocenters. The van der Waals surface area contributed by atoms with Crippen molar-refractivity contribution in [3.8, 4) is 5.75 Å². The van der Waals surface area contributed by atoms with E-state index in [1.54, 1.807) is 7.11 Å². The Morgan fingerprint density at radius 3 is 2.96 bits per heavy atom. The second-order valence-corrected chi connectivity index (χ2v) is 7.86. The number of sulfonamides is 1. The number of methoxy groups -OCH3 is 1. The Morgan fingerprint density at radius 1 is 1.40 bits per heavy atom. The number of carbonyl (C=O) groups excluding carboxylic acids is 1. The van der Waals surface area contributed by atoms with E-state index in [0.717, 1.165) is 36.1 Å². The van der Waals surface area contributed by atoms with Crippen LogP contribution in [0.15, 0.2) is 35.1 Å². The van der Waals surface area contributed by atoms with Gasteiger partial charge in [-0.2, -0.15) is 0 Å². The van der Waals surface area contributed by atoms with Gasteiger partial charge in [0.05, 0.1) is 7.11 Å². The standard InChI is InChI=1S/C17H20N2O5S/c1-23-15-5-6-16-12(9-15)3-2-4-13(16)10-17(20)19-25(21,22)11-14-7-8-24-18-14/h5-9,13H,2-4,10-11H2,1H3,(H,19,20)/t13-/m1/s1. The van der Waals surface area contributed by atoms with Crippen molar-refractivity contribution in [3.63, 3.8) is 0 Å². The summed E-state index contributed by atoms with van der Waals surface area (Å²) in [5.41, 5.74) is 2.51. The second kappa shape index (κ2) is 7.26. The fraction of sp³-hybridized carbons (Fsp3) is 0.412. The molecule has 7 nitrogen and oxygen atoms in total. The highest BCUT2D eigenvalue weighted by Gasteiger charge is 2.25. The summed E-state index contributed by atoms with van der Waals surface area (Å²) >= 11 is 0. The van der Waals surface area contributed by atoms with Crippen LogP contribution in [0.1, 0.15) is 42.0 Å². The highest BCUT2D eigenvalue weighted by molar-refractivity contribution is 7.89. The van der Waals surface area contributed by atoms with Gasteiger partial charge in [0.1, 0.15) is 23.5 Å². The molecule has 1 atom stereocenters. The van der Waals surface area contributed by atoms with Crippen LogP contribution in [0.2, 0.25) is 0 Å². The third kappa shape index (κ3) is 4.39. The number of aryl methyl sites for hydroxylation is 1. The van der Waals surface area contributed by atoms with Gasteiger partial charge in [0.2, 0.25) is 15.9 Å². The topological polar surface area (TPSA) is 98.5 Å². The van der Waals surface area contributed by atoms with Crippen LogP contribution in [0.4, 0.5) is 0 Å². The van der Waals surface area contributed by atoms with E-state index in [1.807, 2.05) is 18.2 Å². The Balaban J connectivity index is 1.66. The number of ether oxygens (including phenoxy) is 1. The molecule has 8 heteroatoms. The van der Waals surface area contributed by atoms with Crippen molar-refractivity contribution < 1.29 is 22.5 Å². The summed E-state index contributed by atoms with van der Waals surface area (Å²) < 4.78 is 36.1. The molecular weight excluding hydrogens is 344 g/mol. The summed E-state index contributed by atoms with van der Waals surface area (Å²) in [6, 6.07) is 7.28. The summed E-state index contributed by atoms with van der Waals surface area (Å²) in [6.07, 6.45) is 4.19. The predicted octanol–water partition coefficient (Wildman–Crippen LogP) is 2.14. The number of benzene rings is 1. The molecule has 134 valence electrons. The third-order valence-corrected chi connectivity index (χ3v) is 5.53. The molecule has 0 fully saturated rings. The number of rotatable bonds is 6. The van der Waals surface area contributed by atoms with Gasteiger partial charge in [0.15, 0.2) is 0 Å². The van der Waals surface area contributed by atoms with E-state index < -0.39 is 15.9 Å². The van der Waals surface area contributed by atoms with Crippen LogP contribution in [0.3, 0.4) is 0 Å². The van der Waals surface area contributed by atoms with Crippen LogP contribution in [0.25, 0.3) is 0 Å². The molecule has 1 amide bonds. The molecule has 1 heterocycles. The molecule has 0 saturated heterocycles. The van der Waals surface area contributed by atoms with Crippen molar-refractivity contribution in [3.05, 3.63) is 47.3 Å². The number of aromatic nitrogens is 1. The van der Waals surface area contributed by atoms with Crippen LogP contribution in [-0.2, 0) is 27.0 Å². The quantitative estimate of drug-likeness (QED) is 0.843. The Labute approximate surface area is 146 Å². The number of nitrogens with zero attached hydrogens (tertiary/aromatic N) is 1. The molecule has 1 aliphatic carbocycles. The average Bonchev–Trinajstić information content (AvgIpc) is 3.06. The van der Waals surface area contributed by atoms with Crippen molar-refractivity contribution in [2.24, 2.45) is 0 Å². The molecule has 25 heavy (non-hydrogen) atoms. The fourth-order valence-electron chi connectivity index (χ4n) is 3.21. The van der Waals surface area contributed by atoms with E-state index in [0.29, 0.717) is 0 Å². The Kier molecular flexibility index (Phi) is 5.08. The maximum absolute atomic E-state index is 12.2. The molecule has 3 rings (SSSR count). The first kappa shape index (κ1) is 17.5. The maximum Gasteiger partial charge on any atom is 0.240 e. The molecule has 2 aromatic rings. The first-order valence-electron chi connectivity index (χ1n) is 8.06. The molecule has 1 N–H and O–H groups in total. The molecular formula is C17H20N2O5S. The number of hydrogen-bond donors (Lipinski definition) is 1. The normalized spacial score (nSPS) is 16.9. The monoisotopic (exact) mass is 364 g/mol. The lowest BCUT2D eigenvalue weighted by Gasteiger charge is -2.25. The lowest BCUT2D eigenvalue weighted by Crippen LogP contribution is -2.33. The van der Waals surface area contributed by atoms with Crippen molar-refractivity contribution >= 4 is 15.9 Å². The SMILES string of the molecule is COc1ccc2c(c1)CCC[C@@H]2CC(=O)NS(=O)(=O)Cc1ccon1. The van der Waals surface area contributed by atoms with Gasteiger partial charge in [-0.3, -0.25) is 9.52 Å². The lowest BCUT2D eigenvalue weighted by molar-refractivity contribution is -0.119. The van der Waals surface area contributed by atoms with Gasteiger partial charge in [-0.05, 0) is 48.4 Å². The Bertz CT molecular complexity index is 846. The number of hydrogen-bond acceptors (Lipinski definition) is 6. The van der Waals surface area contributed by atoms with Crippen molar-refractivity contribution in [1.29, 1.82) is 0 Å². The molecule has 1 aromatic carbocycles. The number of nitrogens with one attached hydrogen (secondary N) is 1. The molecule has 0 spiro atoms. The highest BCUT2D eigenvalue weighted by atomic mass is 32.2. The van der Waals surface area contributed by atoms with E-state index in [1.165, 1.54) is 12.3 Å². The van der Waals surface area contributed by atoms with Crippen molar-refractivity contribution in [2.75, 3.05) is 7.11 Å². The minimum atomic E-state index is -3.78. The third-order valence-electron chi connectivity index (χ3n) is 4.32. The highest BCUT2D eigenvalue weighted by Crippen LogP contribution is 2.35. The smallest absolute Gasteiger partial charge is 0.240 e. The zero-order valence-corrected chi connectivity index (χ0v) is 14.7. The largest absolute Gasteiger partial charge is 0.497 e. The average molecular weight is 364 g/mol. The van der Waals surface area contributed by atoms with Crippen molar-refractivity contribution in [2.45, 2.75) is 37.4 Å². The molecule has 0 radical (unpaired) electrons. The molecule has 1 aliphatic rings. The van der Waals surface area contributed by atoms with Gasteiger partial charge in [0, 0.05) is 12.5 Å². The molecule has 0 bridgehead atoms. The van der Waals surface area contributed by atoms with Gasteiger partial charge in [-0.25, -0.2) is 8.42 Å². The predicted molar refractivity (Wildman–Crippen MR) is 90.6 cm³/mol. The zero-order valence-electron chi connectivity index (χ0n) is 13.9. The van der Waals surface area contributed by atoms with Crippen LogP contribution in [-0.4, -0.2) is 26.6 Å². The summed E-state index contributed by atoms with van der Waals surface area (Å²) in [5, 5.41) is 3.55. The zero-order chi connectivity index (χ0) is 17.9. The molecule has 0 saturated carbocycles. The first-order chi connectivity index (χ1) is 12.0. The van der Waals surface area contributed by atoms with Gasteiger partial charge in [0.25, 0.3) is 0 Å². The van der Waals surface area contributed by atoms with Crippen LogP contribution in [0.5, 0.6) is 5.75 Å². The van der Waals surface area contributed by atoms with Gasteiger partial charge in [-0.15, -0.1) is 0 Å². The number of fused-ring (bicyclic) bond motifs is 1. The summed E-state index contributed by atoms with van der Waals surface area (Å²) in [7, 11) is -2.16. The van der Waals surface area contributed by atoms with Gasteiger partial charge in [-0.1, -0.05) is 11.2 Å². The Morgan fingerprint density at radius 2 is 2.24 bits per heavy atom. The van der Waals surface area contributed by atoms with E-state index in [4.69, 9.17) is 4.74 Å². The molecule has 0 aliphatic heterocycles.